The van der Waals surface area contributed by atoms with Crippen LogP contribution in [0, 0.1) is 19.8 Å². The van der Waals surface area contributed by atoms with Crippen LogP contribution in [0.3, 0.4) is 0 Å². The molecular formula is C21H23N3O4. The molecule has 0 bridgehead atoms. The molecule has 3 N–H and O–H groups in total. The summed E-state index contributed by atoms with van der Waals surface area (Å²) in [5.41, 5.74) is 8.84. The molecule has 0 spiro atoms. The fraction of sp³-hybridized carbons (Fsp3) is 0.286. The number of benzene rings is 2. The Morgan fingerprint density at radius 1 is 1.18 bits per heavy atom. The van der Waals surface area contributed by atoms with Crippen molar-refractivity contribution in [3.63, 3.8) is 0 Å². The molecule has 0 saturated carbocycles. The zero-order valence-corrected chi connectivity index (χ0v) is 15.9. The highest BCUT2D eigenvalue weighted by molar-refractivity contribution is 6.00. The van der Waals surface area contributed by atoms with Gasteiger partial charge in [-0.15, -0.1) is 0 Å². The van der Waals surface area contributed by atoms with Gasteiger partial charge in [-0.05, 0) is 55.3 Å². The molecule has 2 aromatic rings. The normalized spacial score (nSPS) is 16.1. The van der Waals surface area contributed by atoms with Crippen LogP contribution in [-0.2, 0) is 14.4 Å². The molecule has 1 fully saturated rings. The summed E-state index contributed by atoms with van der Waals surface area (Å²) in [4.78, 5) is 37.0. The van der Waals surface area contributed by atoms with Crippen molar-refractivity contribution in [1.29, 1.82) is 0 Å². The number of aryl methyl sites for hydroxylation is 1. The highest BCUT2D eigenvalue weighted by atomic mass is 16.5. The number of hydrogen-bond acceptors (Lipinski definition) is 4. The molecule has 1 aliphatic rings. The minimum atomic E-state index is -0.467. The first-order valence-electron chi connectivity index (χ1n) is 9.03. The van der Waals surface area contributed by atoms with Gasteiger partial charge in [0.2, 0.25) is 11.8 Å². The van der Waals surface area contributed by atoms with Crippen LogP contribution in [-0.4, -0.2) is 30.9 Å². The van der Waals surface area contributed by atoms with Crippen molar-refractivity contribution < 1.29 is 19.1 Å². The number of hydrogen-bond donors (Lipinski definition) is 2. The molecule has 7 heteroatoms. The Hall–Kier alpha value is -3.35. The van der Waals surface area contributed by atoms with E-state index in [1.54, 1.807) is 24.3 Å². The Morgan fingerprint density at radius 2 is 1.89 bits per heavy atom. The van der Waals surface area contributed by atoms with Crippen molar-refractivity contribution in [3.05, 3.63) is 53.6 Å². The Kier molecular flexibility index (Phi) is 5.63. The number of amides is 3. The van der Waals surface area contributed by atoms with E-state index in [0.717, 1.165) is 16.8 Å². The van der Waals surface area contributed by atoms with Crippen LogP contribution in [0.15, 0.2) is 42.5 Å². The summed E-state index contributed by atoms with van der Waals surface area (Å²) >= 11 is 0. The van der Waals surface area contributed by atoms with Crippen LogP contribution in [0.4, 0.5) is 11.4 Å². The maximum Gasteiger partial charge on any atom is 0.262 e. The summed E-state index contributed by atoms with van der Waals surface area (Å²) in [5.74, 6) is -0.803. The minimum Gasteiger partial charge on any atom is -0.484 e. The number of nitrogens with one attached hydrogen (secondary N) is 1. The van der Waals surface area contributed by atoms with Gasteiger partial charge in [0.1, 0.15) is 5.75 Å². The van der Waals surface area contributed by atoms with E-state index in [9.17, 15) is 14.4 Å². The quantitative estimate of drug-likeness (QED) is 0.800. The lowest BCUT2D eigenvalue weighted by Crippen LogP contribution is -2.28. The molecule has 2 aromatic carbocycles. The molecule has 0 aromatic heterocycles. The Labute approximate surface area is 163 Å². The largest absolute Gasteiger partial charge is 0.484 e. The van der Waals surface area contributed by atoms with Crippen LogP contribution < -0.4 is 20.7 Å². The zero-order chi connectivity index (χ0) is 20.3. The summed E-state index contributed by atoms with van der Waals surface area (Å²) in [7, 11) is 0. The number of carbonyl (C=O) groups is 3. The first-order chi connectivity index (χ1) is 13.3. The third kappa shape index (κ3) is 4.31. The van der Waals surface area contributed by atoms with Crippen molar-refractivity contribution in [3.8, 4) is 5.75 Å². The van der Waals surface area contributed by atoms with E-state index in [1.807, 2.05) is 32.0 Å². The fourth-order valence-electron chi connectivity index (χ4n) is 3.09. The van der Waals surface area contributed by atoms with Gasteiger partial charge < -0.3 is 20.7 Å². The van der Waals surface area contributed by atoms with E-state index in [2.05, 4.69) is 5.32 Å². The molecule has 1 unspecified atom stereocenters. The van der Waals surface area contributed by atoms with Gasteiger partial charge in [0, 0.05) is 24.3 Å². The number of nitrogens with zero attached hydrogens (tertiary/aromatic N) is 1. The van der Waals surface area contributed by atoms with E-state index in [-0.39, 0.29) is 31.4 Å². The highest BCUT2D eigenvalue weighted by Gasteiger charge is 2.33. The Bertz CT molecular complexity index is 908. The second-order valence-corrected chi connectivity index (χ2v) is 6.89. The third-order valence-corrected chi connectivity index (χ3v) is 4.92. The number of anilines is 2. The fourth-order valence-corrected chi connectivity index (χ4v) is 3.09. The summed E-state index contributed by atoms with van der Waals surface area (Å²) in [6.07, 6.45) is 0.131. The van der Waals surface area contributed by atoms with Gasteiger partial charge in [-0.3, -0.25) is 14.4 Å². The topological polar surface area (TPSA) is 102 Å². The van der Waals surface area contributed by atoms with Gasteiger partial charge in [-0.25, -0.2) is 0 Å². The highest BCUT2D eigenvalue weighted by Crippen LogP contribution is 2.26. The average molecular weight is 381 g/mol. The molecule has 3 rings (SSSR count). The SMILES string of the molecule is Cc1cccc(NC(=O)COc2ccc(N3CC(C(N)=O)CC3=O)cc2)c1C. The summed E-state index contributed by atoms with van der Waals surface area (Å²) in [6.45, 7) is 4.10. The Balaban J connectivity index is 1.56. The summed E-state index contributed by atoms with van der Waals surface area (Å²) in [5, 5.41) is 2.84. The van der Waals surface area contributed by atoms with Crippen molar-refractivity contribution in [2.45, 2.75) is 20.3 Å². The molecule has 1 heterocycles. The van der Waals surface area contributed by atoms with Gasteiger partial charge in [-0.1, -0.05) is 12.1 Å². The molecule has 7 nitrogen and oxygen atoms in total. The number of rotatable bonds is 6. The first-order valence-corrected chi connectivity index (χ1v) is 9.03. The predicted octanol–water partition coefficient (Wildman–Crippen LogP) is 2.16. The summed E-state index contributed by atoms with van der Waals surface area (Å²) < 4.78 is 5.52. The van der Waals surface area contributed by atoms with E-state index in [1.165, 1.54) is 4.90 Å². The van der Waals surface area contributed by atoms with Crippen molar-refractivity contribution >= 4 is 29.1 Å². The lowest BCUT2D eigenvalue weighted by Gasteiger charge is -2.17. The molecular weight excluding hydrogens is 358 g/mol. The van der Waals surface area contributed by atoms with Crippen LogP contribution in [0.5, 0.6) is 5.75 Å². The second kappa shape index (κ2) is 8.12. The molecule has 0 radical (unpaired) electrons. The minimum absolute atomic E-state index is 0.126. The number of primary amides is 1. The van der Waals surface area contributed by atoms with Crippen LogP contribution in [0.2, 0.25) is 0 Å². The first kappa shape index (κ1) is 19.4. The Morgan fingerprint density at radius 3 is 2.54 bits per heavy atom. The number of nitrogens with two attached hydrogens (primary N) is 1. The van der Waals surface area contributed by atoms with Crippen molar-refractivity contribution in [2.24, 2.45) is 11.7 Å². The number of carbonyl (C=O) groups excluding carboxylic acids is 3. The second-order valence-electron chi connectivity index (χ2n) is 6.89. The van der Waals surface area contributed by atoms with E-state index in [0.29, 0.717) is 11.4 Å². The van der Waals surface area contributed by atoms with Gasteiger partial charge in [0.05, 0.1) is 5.92 Å². The van der Waals surface area contributed by atoms with E-state index in [4.69, 9.17) is 10.5 Å². The van der Waals surface area contributed by atoms with Gasteiger partial charge >= 0.3 is 0 Å². The van der Waals surface area contributed by atoms with Gasteiger partial charge in [0.25, 0.3) is 5.91 Å². The molecule has 1 saturated heterocycles. The predicted molar refractivity (Wildman–Crippen MR) is 106 cm³/mol. The molecule has 1 aliphatic heterocycles. The summed E-state index contributed by atoms with van der Waals surface area (Å²) in [6, 6.07) is 12.5. The molecule has 3 amide bonds. The van der Waals surface area contributed by atoms with E-state index < -0.39 is 11.8 Å². The number of ether oxygens (including phenoxy) is 1. The third-order valence-electron chi connectivity index (χ3n) is 4.92. The lowest BCUT2D eigenvalue weighted by molar-refractivity contribution is -0.123. The van der Waals surface area contributed by atoms with E-state index >= 15 is 0 Å². The van der Waals surface area contributed by atoms with Crippen LogP contribution in [0.25, 0.3) is 0 Å². The van der Waals surface area contributed by atoms with Crippen LogP contribution >= 0.6 is 0 Å². The van der Waals surface area contributed by atoms with Crippen molar-refractivity contribution in [2.75, 3.05) is 23.4 Å². The molecule has 28 heavy (non-hydrogen) atoms. The standard InChI is InChI=1S/C21H23N3O4/c1-13-4-3-5-18(14(13)2)23-19(25)12-28-17-8-6-16(7-9-17)24-11-15(21(22)27)10-20(24)26/h3-9,15H,10-12H2,1-2H3,(H2,22,27)(H,23,25). The zero-order valence-electron chi connectivity index (χ0n) is 15.9. The molecule has 146 valence electrons. The maximum atomic E-state index is 12.1. The lowest BCUT2D eigenvalue weighted by atomic mass is 10.1. The smallest absolute Gasteiger partial charge is 0.262 e. The average Bonchev–Trinajstić information content (AvgIpc) is 3.06. The van der Waals surface area contributed by atoms with Gasteiger partial charge in [-0.2, -0.15) is 0 Å². The van der Waals surface area contributed by atoms with Gasteiger partial charge in [0.15, 0.2) is 6.61 Å². The molecule has 1 atom stereocenters. The monoisotopic (exact) mass is 381 g/mol. The maximum absolute atomic E-state index is 12.1. The van der Waals surface area contributed by atoms with Crippen molar-refractivity contribution in [1.82, 2.24) is 0 Å². The van der Waals surface area contributed by atoms with Crippen LogP contribution in [0.1, 0.15) is 17.5 Å². The molecule has 0 aliphatic carbocycles.